The highest BCUT2D eigenvalue weighted by molar-refractivity contribution is 5.96. The lowest BCUT2D eigenvalue weighted by Crippen LogP contribution is -2.44. The Kier molecular flexibility index (Phi) is 10.8. The summed E-state index contributed by atoms with van der Waals surface area (Å²) in [7, 11) is 0. The number of hydrogen-bond acceptors (Lipinski definition) is 6. The minimum atomic E-state index is -0.847. The van der Waals surface area contributed by atoms with Crippen LogP contribution in [0, 0.1) is 0 Å². The topological polar surface area (TPSA) is 109 Å². The Morgan fingerprint density at radius 1 is 0.921 bits per heavy atom. The van der Waals surface area contributed by atoms with E-state index in [4.69, 9.17) is 9.47 Å². The number of piperidine rings is 1. The number of hydrogen-bond donors (Lipinski definition) is 3. The van der Waals surface area contributed by atoms with Gasteiger partial charge in [-0.25, -0.2) is 9.59 Å². The molecule has 0 bridgehead atoms. The highest BCUT2D eigenvalue weighted by atomic mass is 16.6. The number of ether oxygens (including phenoxy) is 2. The molecule has 0 saturated carbocycles. The molecule has 1 unspecified atom stereocenters. The van der Waals surface area contributed by atoms with Gasteiger partial charge in [-0.3, -0.25) is 4.79 Å². The summed E-state index contributed by atoms with van der Waals surface area (Å²) in [5, 5.41) is 8.24. The molecule has 0 aromatic heterocycles. The molecule has 2 aromatic carbocycles. The van der Waals surface area contributed by atoms with Crippen molar-refractivity contribution in [3.05, 3.63) is 60.2 Å². The minimum absolute atomic E-state index is 0.0964. The average molecular weight is 525 g/mol. The van der Waals surface area contributed by atoms with Crippen molar-refractivity contribution in [3.63, 3.8) is 0 Å². The van der Waals surface area contributed by atoms with Crippen LogP contribution in [0.4, 0.5) is 21.0 Å². The molecule has 38 heavy (non-hydrogen) atoms. The lowest BCUT2D eigenvalue weighted by molar-refractivity contribution is -0.118. The average Bonchev–Trinajstić information content (AvgIpc) is 2.89. The standard InChI is InChI=1S/C29H40N4O5/c1-29(2,3)38-27(35)30-18-10-13-25(32-28(36)37-21-22-11-6-4-7-12-22)26(34)31-23-14-16-24(17-15-23)33-19-8-5-9-20-33/h4,6-7,11-12,14-17,25H,5,8-10,13,18-21H2,1-3H3,(H,30,35)(H,31,34)(H,32,36). The lowest BCUT2D eigenvalue weighted by atomic mass is 10.1. The third kappa shape index (κ3) is 10.3. The smallest absolute Gasteiger partial charge is 0.408 e. The zero-order valence-electron chi connectivity index (χ0n) is 22.6. The lowest BCUT2D eigenvalue weighted by Gasteiger charge is -2.29. The molecule has 1 aliphatic rings. The molecule has 9 nitrogen and oxygen atoms in total. The Bertz CT molecular complexity index is 1030. The van der Waals surface area contributed by atoms with Crippen LogP contribution in [-0.2, 0) is 20.9 Å². The van der Waals surface area contributed by atoms with Crippen molar-refractivity contribution >= 4 is 29.5 Å². The summed E-state index contributed by atoms with van der Waals surface area (Å²) in [5.41, 5.74) is 2.03. The van der Waals surface area contributed by atoms with Crippen LogP contribution in [0.1, 0.15) is 58.4 Å². The largest absolute Gasteiger partial charge is 0.445 e. The van der Waals surface area contributed by atoms with E-state index in [9.17, 15) is 14.4 Å². The van der Waals surface area contributed by atoms with Crippen molar-refractivity contribution in [2.45, 2.75) is 71.1 Å². The Labute approximate surface area is 225 Å². The number of rotatable bonds is 10. The maximum atomic E-state index is 13.1. The molecule has 0 spiro atoms. The van der Waals surface area contributed by atoms with Crippen LogP contribution < -0.4 is 20.9 Å². The van der Waals surface area contributed by atoms with Gasteiger partial charge in [0, 0.05) is 31.0 Å². The van der Waals surface area contributed by atoms with Gasteiger partial charge in [0.05, 0.1) is 0 Å². The molecule has 1 atom stereocenters. The number of anilines is 2. The predicted molar refractivity (Wildman–Crippen MR) is 148 cm³/mol. The van der Waals surface area contributed by atoms with E-state index in [2.05, 4.69) is 20.9 Å². The van der Waals surface area contributed by atoms with Crippen LogP contribution >= 0.6 is 0 Å². The van der Waals surface area contributed by atoms with Gasteiger partial charge in [0.1, 0.15) is 18.2 Å². The summed E-state index contributed by atoms with van der Waals surface area (Å²) in [4.78, 5) is 39.9. The zero-order valence-corrected chi connectivity index (χ0v) is 22.6. The number of benzene rings is 2. The van der Waals surface area contributed by atoms with Gasteiger partial charge >= 0.3 is 12.2 Å². The van der Waals surface area contributed by atoms with Gasteiger partial charge in [-0.05, 0) is 82.7 Å². The third-order valence-electron chi connectivity index (χ3n) is 6.02. The number of nitrogens with zero attached hydrogens (tertiary/aromatic N) is 1. The first kappa shape index (κ1) is 28.8. The van der Waals surface area contributed by atoms with E-state index in [-0.39, 0.29) is 12.5 Å². The van der Waals surface area contributed by atoms with E-state index in [1.165, 1.54) is 19.3 Å². The maximum absolute atomic E-state index is 13.1. The highest BCUT2D eigenvalue weighted by Crippen LogP contribution is 2.22. The molecule has 1 heterocycles. The van der Waals surface area contributed by atoms with Crippen LogP contribution in [-0.4, -0.2) is 49.4 Å². The van der Waals surface area contributed by atoms with E-state index in [0.29, 0.717) is 25.1 Å². The van der Waals surface area contributed by atoms with Gasteiger partial charge in [-0.2, -0.15) is 0 Å². The number of amides is 3. The van der Waals surface area contributed by atoms with E-state index in [1.807, 2.05) is 54.6 Å². The quantitative estimate of drug-likeness (QED) is 0.368. The molecular weight excluding hydrogens is 484 g/mol. The molecule has 3 N–H and O–H groups in total. The fraction of sp³-hybridized carbons (Fsp3) is 0.483. The highest BCUT2D eigenvalue weighted by Gasteiger charge is 2.22. The van der Waals surface area contributed by atoms with Crippen LogP contribution in [0.3, 0.4) is 0 Å². The first-order valence-electron chi connectivity index (χ1n) is 13.3. The molecule has 0 aliphatic carbocycles. The van der Waals surface area contributed by atoms with Crippen molar-refractivity contribution in [2.75, 3.05) is 29.9 Å². The van der Waals surface area contributed by atoms with Crippen molar-refractivity contribution in [2.24, 2.45) is 0 Å². The van der Waals surface area contributed by atoms with Crippen LogP contribution in [0.5, 0.6) is 0 Å². The number of carbonyl (C=O) groups is 3. The van der Waals surface area contributed by atoms with Gasteiger partial charge in [0.15, 0.2) is 0 Å². The van der Waals surface area contributed by atoms with E-state index >= 15 is 0 Å². The Morgan fingerprint density at radius 3 is 2.26 bits per heavy atom. The third-order valence-corrected chi connectivity index (χ3v) is 6.02. The van der Waals surface area contributed by atoms with E-state index in [0.717, 1.165) is 24.3 Å². The summed E-state index contributed by atoms with van der Waals surface area (Å²) in [5.74, 6) is -0.357. The van der Waals surface area contributed by atoms with Gasteiger partial charge in [0.25, 0.3) is 0 Å². The van der Waals surface area contributed by atoms with E-state index in [1.54, 1.807) is 20.8 Å². The first-order chi connectivity index (χ1) is 18.2. The number of alkyl carbamates (subject to hydrolysis) is 2. The van der Waals surface area contributed by atoms with Gasteiger partial charge < -0.3 is 30.3 Å². The Balaban J connectivity index is 1.55. The fourth-order valence-corrected chi connectivity index (χ4v) is 4.12. The van der Waals surface area contributed by atoms with Crippen molar-refractivity contribution in [1.29, 1.82) is 0 Å². The molecule has 206 valence electrons. The van der Waals surface area contributed by atoms with Crippen molar-refractivity contribution < 1.29 is 23.9 Å². The summed E-state index contributed by atoms with van der Waals surface area (Å²) in [6.07, 6.45) is 3.18. The molecule has 1 fully saturated rings. The molecule has 3 rings (SSSR count). The van der Waals surface area contributed by atoms with Crippen LogP contribution in [0.2, 0.25) is 0 Å². The summed E-state index contributed by atoms with van der Waals surface area (Å²) in [6, 6.07) is 16.2. The van der Waals surface area contributed by atoms with Gasteiger partial charge in [-0.1, -0.05) is 30.3 Å². The van der Waals surface area contributed by atoms with Crippen molar-refractivity contribution in [3.8, 4) is 0 Å². The molecule has 1 aliphatic heterocycles. The fourth-order valence-electron chi connectivity index (χ4n) is 4.12. The second-order valence-corrected chi connectivity index (χ2v) is 10.4. The molecule has 0 radical (unpaired) electrons. The number of nitrogens with one attached hydrogen (secondary N) is 3. The summed E-state index contributed by atoms with van der Waals surface area (Å²) in [6.45, 7) is 7.84. The molecule has 9 heteroatoms. The molecule has 1 saturated heterocycles. The zero-order chi connectivity index (χ0) is 27.4. The normalized spacial score (nSPS) is 14.2. The molecule has 3 amide bonds. The van der Waals surface area contributed by atoms with Gasteiger partial charge in [-0.15, -0.1) is 0 Å². The molecule has 2 aromatic rings. The van der Waals surface area contributed by atoms with Gasteiger partial charge in [0.2, 0.25) is 5.91 Å². The van der Waals surface area contributed by atoms with Crippen LogP contribution in [0.25, 0.3) is 0 Å². The summed E-state index contributed by atoms with van der Waals surface area (Å²) < 4.78 is 10.6. The minimum Gasteiger partial charge on any atom is -0.445 e. The molecular formula is C29H40N4O5. The monoisotopic (exact) mass is 524 g/mol. The maximum Gasteiger partial charge on any atom is 0.408 e. The second-order valence-electron chi connectivity index (χ2n) is 10.4. The summed E-state index contributed by atoms with van der Waals surface area (Å²) >= 11 is 0. The Hall–Kier alpha value is -3.75. The second kappa shape index (κ2) is 14.3. The van der Waals surface area contributed by atoms with Crippen LogP contribution in [0.15, 0.2) is 54.6 Å². The van der Waals surface area contributed by atoms with E-state index < -0.39 is 23.8 Å². The van der Waals surface area contributed by atoms with Crippen molar-refractivity contribution in [1.82, 2.24) is 10.6 Å². The predicted octanol–water partition coefficient (Wildman–Crippen LogP) is 5.22. The number of carbonyl (C=O) groups excluding carboxylic acids is 3. The first-order valence-corrected chi connectivity index (χ1v) is 13.3. The Morgan fingerprint density at radius 2 is 1.61 bits per heavy atom. The SMILES string of the molecule is CC(C)(C)OC(=O)NCCCC(NC(=O)OCc1ccccc1)C(=O)Nc1ccc(N2CCCCC2)cc1.